The molecule has 0 radical (unpaired) electrons. The Bertz CT molecular complexity index is 560. The Balaban J connectivity index is 1.52. The molecule has 140 valence electrons. The van der Waals surface area contributed by atoms with Crippen LogP contribution in [0.2, 0.25) is 0 Å². The largest absolute Gasteiger partial charge is 0.396 e. The number of aromatic nitrogens is 2. The van der Waals surface area contributed by atoms with E-state index in [2.05, 4.69) is 15.1 Å². The Hall–Kier alpha value is -1.40. The van der Waals surface area contributed by atoms with E-state index in [1.165, 1.54) is 32.4 Å². The van der Waals surface area contributed by atoms with Crippen molar-refractivity contribution in [2.24, 2.45) is 11.8 Å². The van der Waals surface area contributed by atoms with Crippen LogP contribution < -0.4 is 0 Å². The van der Waals surface area contributed by atoms with E-state index in [-0.39, 0.29) is 18.4 Å². The van der Waals surface area contributed by atoms with Crippen LogP contribution in [0.3, 0.4) is 0 Å². The number of hydrogen-bond donors (Lipinski definition) is 2. The molecule has 1 aromatic heterocycles. The summed E-state index contributed by atoms with van der Waals surface area (Å²) in [6.45, 7) is 9.03. The van der Waals surface area contributed by atoms with Crippen LogP contribution in [0.1, 0.15) is 42.6 Å². The van der Waals surface area contributed by atoms with E-state index >= 15 is 0 Å². The van der Waals surface area contributed by atoms with Crippen LogP contribution in [0.25, 0.3) is 0 Å². The third kappa shape index (κ3) is 4.42. The third-order valence-corrected chi connectivity index (χ3v) is 5.97. The van der Waals surface area contributed by atoms with Gasteiger partial charge in [-0.2, -0.15) is 5.10 Å². The fourth-order valence-electron chi connectivity index (χ4n) is 4.36. The number of amides is 1. The molecular formula is C19H32N4O2. The topological polar surface area (TPSA) is 72.5 Å². The van der Waals surface area contributed by atoms with E-state index in [1.807, 2.05) is 18.7 Å². The lowest BCUT2D eigenvalue weighted by Gasteiger charge is -2.30. The molecular weight excluding hydrogens is 316 g/mol. The van der Waals surface area contributed by atoms with Gasteiger partial charge in [-0.3, -0.25) is 9.89 Å². The molecule has 3 rings (SSSR count). The zero-order chi connectivity index (χ0) is 17.8. The second-order valence-electron chi connectivity index (χ2n) is 7.78. The van der Waals surface area contributed by atoms with E-state index in [9.17, 15) is 9.90 Å². The van der Waals surface area contributed by atoms with Gasteiger partial charge in [0.15, 0.2) is 0 Å². The predicted molar refractivity (Wildman–Crippen MR) is 97.3 cm³/mol. The number of nitrogens with zero attached hydrogens (tertiary/aromatic N) is 3. The molecule has 6 nitrogen and oxygen atoms in total. The average Bonchev–Trinajstić information content (AvgIpc) is 3.17. The number of aliphatic hydroxyl groups is 1. The van der Waals surface area contributed by atoms with E-state index in [4.69, 9.17) is 0 Å². The molecule has 2 N–H and O–H groups in total. The molecule has 2 atom stereocenters. The van der Waals surface area contributed by atoms with Gasteiger partial charge in [0.25, 0.3) is 0 Å². The van der Waals surface area contributed by atoms with E-state index in [0.29, 0.717) is 18.9 Å². The summed E-state index contributed by atoms with van der Waals surface area (Å²) in [7, 11) is 0. The first-order valence-corrected chi connectivity index (χ1v) is 9.70. The number of H-pyrrole nitrogens is 1. The highest BCUT2D eigenvalue weighted by Crippen LogP contribution is 2.26. The second kappa shape index (κ2) is 8.32. The Kier molecular flexibility index (Phi) is 6.12. The zero-order valence-corrected chi connectivity index (χ0v) is 15.6. The number of rotatable bonds is 6. The molecule has 2 fully saturated rings. The maximum Gasteiger partial charge on any atom is 0.222 e. The van der Waals surface area contributed by atoms with Crippen molar-refractivity contribution in [1.29, 1.82) is 0 Å². The maximum absolute atomic E-state index is 12.7. The number of nitrogens with one attached hydrogen (secondary N) is 1. The van der Waals surface area contributed by atoms with Crippen molar-refractivity contribution in [3.8, 4) is 0 Å². The minimum atomic E-state index is 0.183. The quantitative estimate of drug-likeness (QED) is 0.817. The molecule has 0 aromatic carbocycles. The lowest BCUT2D eigenvalue weighted by Crippen LogP contribution is -2.37. The van der Waals surface area contributed by atoms with Gasteiger partial charge in [-0.25, -0.2) is 0 Å². The summed E-state index contributed by atoms with van der Waals surface area (Å²) in [4.78, 5) is 17.2. The summed E-state index contributed by atoms with van der Waals surface area (Å²) in [6, 6.07) is 0. The number of hydrogen-bond acceptors (Lipinski definition) is 4. The first kappa shape index (κ1) is 18.4. The van der Waals surface area contributed by atoms with Crippen molar-refractivity contribution in [3.05, 3.63) is 17.0 Å². The van der Waals surface area contributed by atoms with Crippen LogP contribution in [0.15, 0.2) is 0 Å². The van der Waals surface area contributed by atoms with Crippen LogP contribution in [0.4, 0.5) is 0 Å². The molecule has 25 heavy (non-hydrogen) atoms. The highest BCUT2D eigenvalue weighted by molar-refractivity contribution is 5.76. The minimum absolute atomic E-state index is 0.183. The summed E-state index contributed by atoms with van der Waals surface area (Å²) in [5, 5.41) is 16.9. The third-order valence-electron chi connectivity index (χ3n) is 5.97. The molecule has 0 spiro atoms. The monoisotopic (exact) mass is 348 g/mol. The van der Waals surface area contributed by atoms with Crippen LogP contribution in [0, 0.1) is 25.7 Å². The van der Waals surface area contributed by atoms with Crippen LogP contribution >= 0.6 is 0 Å². The van der Waals surface area contributed by atoms with Gasteiger partial charge in [-0.1, -0.05) is 6.42 Å². The van der Waals surface area contributed by atoms with Crippen molar-refractivity contribution in [1.82, 2.24) is 20.0 Å². The SMILES string of the molecule is Cc1n[nH]c(C)c1CCC(=O)N1C[C@@H](CN2CCCCC2)[C@@H](CO)C1. The van der Waals surface area contributed by atoms with Crippen molar-refractivity contribution in [2.75, 3.05) is 39.3 Å². The highest BCUT2D eigenvalue weighted by Gasteiger charge is 2.35. The zero-order valence-electron chi connectivity index (χ0n) is 15.6. The minimum Gasteiger partial charge on any atom is -0.396 e. The molecule has 2 aliphatic rings. The van der Waals surface area contributed by atoms with Crippen molar-refractivity contribution >= 4 is 5.91 Å². The van der Waals surface area contributed by atoms with E-state index < -0.39 is 0 Å². The van der Waals surface area contributed by atoms with Gasteiger partial charge < -0.3 is 14.9 Å². The Labute approximate surface area is 150 Å². The summed E-state index contributed by atoms with van der Waals surface area (Å²) in [6.07, 6.45) is 5.16. The summed E-state index contributed by atoms with van der Waals surface area (Å²) in [5.41, 5.74) is 3.21. The summed E-state index contributed by atoms with van der Waals surface area (Å²) >= 11 is 0. The van der Waals surface area contributed by atoms with Crippen LogP contribution in [-0.4, -0.2) is 70.3 Å². The molecule has 0 unspecified atom stereocenters. The van der Waals surface area contributed by atoms with Gasteiger partial charge in [0.05, 0.1) is 5.69 Å². The maximum atomic E-state index is 12.7. The van der Waals surface area contributed by atoms with Gasteiger partial charge in [0.1, 0.15) is 0 Å². The first-order valence-electron chi connectivity index (χ1n) is 9.70. The fraction of sp³-hybridized carbons (Fsp3) is 0.789. The first-order chi connectivity index (χ1) is 12.1. The Morgan fingerprint density at radius 1 is 1.20 bits per heavy atom. The molecule has 1 amide bonds. The molecule has 3 heterocycles. The number of carbonyl (C=O) groups excluding carboxylic acids is 1. The Morgan fingerprint density at radius 2 is 1.92 bits per heavy atom. The summed E-state index contributed by atoms with van der Waals surface area (Å²) < 4.78 is 0. The molecule has 2 aliphatic heterocycles. The number of carbonyl (C=O) groups is 1. The molecule has 0 bridgehead atoms. The Morgan fingerprint density at radius 3 is 2.56 bits per heavy atom. The number of aliphatic hydroxyl groups excluding tert-OH is 1. The van der Waals surface area contributed by atoms with Crippen molar-refractivity contribution in [3.63, 3.8) is 0 Å². The number of aryl methyl sites for hydroxylation is 2. The smallest absolute Gasteiger partial charge is 0.222 e. The fourth-order valence-corrected chi connectivity index (χ4v) is 4.36. The molecule has 0 aliphatic carbocycles. The van der Waals surface area contributed by atoms with E-state index in [0.717, 1.165) is 36.5 Å². The number of piperidine rings is 1. The standard InChI is InChI=1S/C19H32N4O2/c1-14-18(15(2)21-20-14)6-7-19(25)23-11-16(17(12-23)13-24)10-22-8-4-3-5-9-22/h16-17,24H,3-13H2,1-2H3,(H,20,21)/t16-,17-/m1/s1. The van der Waals surface area contributed by atoms with Crippen molar-refractivity contribution in [2.45, 2.75) is 46.0 Å². The van der Waals surface area contributed by atoms with Gasteiger partial charge in [0, 0.05) is 44.3 Å². The number of likely N-dealkylation sites (tertiary alicyclic amines) is 2. The second-order valence-corrected chi connectivity index (χ2v) is 7.78. The molecule has 2 saturated heterocycles. The van der Waals surface area contributed by atoms with Crippen LogP contribution in [0.5, 0.6) is 0 Å². The van der Waals surface area contributed by atoms with E-state index in [1.54, 1.807) is 0 Å². The molecule has 1 aromatic rings. The van der Waals surface area contributed by atoms with Crippen molar-refractivity contribution < 1.29 is 9.90 Å². The normalized spacial score (nSPS) is 24.8. The molecule has 6 heteroatoms. The lowest BCUT2D eigenvalue weighted by atomic mass is 9.95. The summed E-state index contributed by atoms with van der Waals surface area (Å²) in [5.74, 6) is 0.840. The average molecular weight is 348 g/mol. The highest BCUT2D eigenvalue weighted by atomic mass is 16.3. The van der Waals surface area contributed by atoms with Crippen LogP contribution in [-0.2, 0) is 11.2 Å². The molecule has 0 saturated carbocycles. The van der Waals surface area contributed by atoms with Gasteiger partial charge in [-0.15, -0.1) is 0 Å². The number of aromatic amines is 1. The van der Waals surface area contributed by atoms with Gasteiger partial charge >= 0.3 is 0 Å². The van der Waals surface area contributed by atoms with Gasteiger partial charge in [-0.05, 0) is 57.7 Å². The lowest BCUT2D eigenvalue weighted by molar-refractivity contribution is -0.130. The predicted octanol–water partition coefficient (Wildman–Crippen LogP) is 1.51. The van der Waals surface area contributed by atoms with Gasteiger partial charge in [0.2, 0.25) is 5.91 Å².